The molecule has 0 radical (unpaired) electrons. The number of carbonyl (C=O) groups excluding carboxylic acids is 1. The first-order valence-electron chi connectivity index (χ1n) is 11.7. The summed E-state index contributed by atoms with van der Waals surface area (Å²) in [5.74, 6) is -0.349. The summed E-state index contributed by atoms with van der Waals surface area (Å²) in [5, 5.41) is 7.07. The lowest BCUT2D eigenvalue weighted by atomic mass is 10.1. The number of aryl methyl sites for hydroxylation is 1. The molecule has 0 saturated carbocycles. The Kier molecular flexibility index (Phi) is 7.03. The molecule has 0 aliphatic carbocycles. The lowest BCUT2D eigenvalue weighted by Gasteiger charge is -2.18. The lowest BCUT2D eigenvalue weighted by Crippen LogP contribution is -2.28. The highest BCUT2D eigenvalue weighted by atomic mass is 35.5. The number of thiazole rings is 1. The summed E-state index contributed by atoms with van der Waals surface area (Å²) < 4.78 is 2.52. The average Bonchev–Trinajstić information content (AvgIpc) is 3.29. The maximum Gasteiger partial charge on any atom is 0.261 e. The van der Waals surface area contributed by atoms with E-state index in [0.717, 1.165) is 21.3 Å². The quantitative estimate of drug-likeness (QED) is 0.251. The van der Waals surface area contributed by atoms with Crippen LogP contribution in [0.3, 0.4) is 0 Å². The second kappa shape index (κ2) is 10.5. The first kappa shape index (κ1) is 24.7. The molecule has 0 fully saturated rings. The Morgan fingerprint density at radius 3 is 2.54 bits per heavy atom. The summed E-state index contributed by atoms with van der Waals surface area (Å²) in [6, 6.07) is 22.4. The molecule has 1 amide bonds. The van der Waals surface area contributed by atoms with Gasteiger partial charge in [-0.1, -0.05) is 71.5 Å². The number of nitrogens with one attached hydrogen (secondary N) is 2. The van der Waals surface area contributed by atoms with Gasteiger partial charge in [-0.3, -0.25) is 14.9 Å². The summed E-state index contributed by atoms with van der Waals surface area (Å²) in [5.41, 5.74) is 4.64. The first-order valence-corrected chi connectivity index (χ1v) is 12.9. The molecule has 0 bridgehead atoms. The molecular weight excluding hydrogens is 506 g/mol. The molecule has 0 saturated heterocycles. The number of hydrogen-bond acceptors (Lipinski definition) is 6. The van der Waals surface area contributed by atoms with E-state index in [1.807, 2.05) is 55.5 Å². The number of halogens is 1. The van der Waals surface area contributed by atoms with E-state index in [-0.39, 0.29) is 18.0 Å². The molecular formula is C28H24ClN5O2S. The smallest absolute Gasteiger partial charge is 0.261 e. The van der Waals surface area contributed by atoms with E-state index in [2.05, 4.69) is 20.6 Å². The monoisotopic (exact) mass is 529 g/mol. The second-order valence-electron chi connectivity index (χ2n) is 8.63. The molecule has 2 aromatic carbocycles. The number of aromatic nitrogens is 3. The van der Waals surface area contributed by atoms with E-state index in [9.17, 15) is 9.59 Å². The Hall–Kier alpha value is -4.01. The minimum absolute atomic E-state index is 0.185. The number of hydrogen-bond donors (Lipinski definition) is 2. The van der Waals surface area contributed by atoms with Crippen molar-refractivity contribution in [2.75, 3.05) is 10.6 Å². The molecule has 186 valence electrons. The maximum absolute atomic E-state index is 13.7. The second-order valence-corrected chi connectivity index (χ2v) is 10.0. The van der Waals surface area contributed by atoms with E-state index in [1.165, 1.54) is 22.0 Å². The van der Waals surface area contributed by atoms with Crippen LogP contribution in [-0.2, 0) is 13.1 Å². The van der Waals surface area contributed by atoms with Crippen molar-refractivity contribution in [2.24, 2.45) is 0 Å². The highest BCUT2D eigenvalue weighted by Crippen LogP contribution is 2.29. The Balaban J connectivity index is 1.53. The maximum atomic E-state index is 13.7. The van der Waals surface area contributed by atoms with Crippen molar-refractivity contribution in [3.63, 3.8) is 0 Å². The van der Waals surface area contributed by atoms with Gasteiger partial charge in [0.25, 0.3) is 11.5 Å². The van der Waals surface area contributed by atoms with Gasteiger partial charge in [0.15, 0.2) is 5.13 Å². The Labute approximate surface area is 222 Å². The largest absolute Gasteiger partial charge is 0.380 e. The zero-order valence-corrected chi connectivity index (χ0v) is 21.9. The highest BCUT2D eigenvalue weighted by Gasteiger charge is 2.21. The Morgan fingerprint density at radius 2 is 1.78 bits per heavy atom. The van der Waals surface area contributed by atoms with Crippen molar-refractivity contribution in [1.29, 1.82) is 0 Å². The predicted molar refractivity (Wildman–Crippen MR) is 150 cm³/mol. The van der Waals surface area contributed by atoms with E-state index in [1.54, 1.807) is 25.1 Å². The third kappa shape index (κ3) is 5.40. The van der Waals surface area contributed by atoms with Gasteiger partial charge >= 0.3 is 0 Å². The zero-order valence-electron chi connectivity index (χ0n) is 20.3. The first-order chi connectivity index (χ1) is 17.9. The van der Waals surface area contributed by atoms with Crippen LogP contribution in [0.25, 0.3) is 10.2 Å². The molecule has 7 nitrogen and oxygen atoms in total. The summed E-state index contributed by atoms with van der Waals surface area (Å²) >= 11 is 7.46. The van der Waals surface area contributed by atoms with Crippen molar-refractivity contribution in [2.45, 2.75) is 26.9 Å². The van der Waals surface area contributed by atoms with Gasteiger partial charge in [0.05, 0.1) is 33.7 Å². The number of benzene rings is 2. The molecule has 3 aromatic heterocycles. The van der Waals surface area contributed by atoms with E-state index in [4.69, 9.17) is 11.6 Å². The molecule has 3 heterocycles. The number of carbonyl (C=O) groups is 1. The molecule has 0 aliphatic heterocycles. The number of fused-ring (bicyclic) bond motifs is 1. The Bertz CT molecular complexity index is 1660. The van der Waals surface area contributed by atoms with Crippen molar-refractivity contribution in [3.8, 4) is 0 Å². The van der Waals surface area contributed by atoms with E-state index in [0.29, 0.717) is 39.5 Å². The minimum atomic E-state index is -0.349. The van der Waals surface area contributed by atoms with Crippen LogP contribution in [-0.4, -0.2) is 20.4 Å². The Morgan fingerprint density at radius 1 is 1.00 bits per heavy atom. The van der Waals surface area contributed by atoms with Crippen LogP contribution in [0.5, 0.6) is 0 Å². The van der Waals surface area contributed by atoms with Crippen molar-refractivity contribution < 1.29 is 4.79 Å². The molecule has 0 spiro atoms. The van der Waals surface area contributed by atoms with Crippen LogP contribution >= 0.6 is 22.9 Å². The molecule has 0 unspecified atom stereocenters. The zero-order chi connectivity index (χ0) is 25.9. The number of amides is 1. The fraction of sp³-hybridized carbons (Fsp3) is 0.143. The van der Waals surface area contributed by atoms with Gasteiger partial charge < -0.3 is 9.88 Å². The van der Waals surface area contributed by atoms with Crippen LogP contribution in [0.4, 0.5) is 10.8 Å². The lowest BCUT2D eigenvalue weighted by molar-refractivity contribution is 0.102. The van der Waals surface area contributed by atoms with Gasteiger partial charge in [0.2, 0.25) is 0 Å². The third-order valence-electron chi connectivity index (χ3n) is 6.06. The molecule has 37 heavy (non-hydrogen) atoms. The summed E-state index contributed by atoms with van der Waals surface area (Å²) in [6.07, 6.45) is 0. The number of anilines is 2. The minimum Gasteiger partial charge on any atom is -0.380 e. The highest BCUT2D eigenvalue weighted by molar-refractivity contribution is 7.22. The van der Waals surface area contributed by atoms with Crippen molar-refractivity contribution in [3.05, 3.63) is 116 Å². The number of para-hydroxylation sites is 1. The summed E-state index contributed by atoms with van der Waals surface area (Å²) in [6.45, 7) is 4.39. The predicted octanol–water partition coefficient (Wildman–Crippen LogP) is 6.04. The average molecular weight is 530 g/mol. The standard InChI is InChI=1S/C28H24ClN5O2S/c1-17-8-6-12-22-26(17)32-28(37-22)33-27(36)25-18(2)34(16-20-11-7-13-23(29)31-20)24(35)14-21(25)30-15-19-9-4-3-5-10-19/h3-14,30H,15-16H2,1-2H3,(H,32,33,36). The van der Waals surface area contributed by atoms with Crippen LogP contribution in [0, 0.1) is 13.8 Å². The number of nitrogens with zero attached hydrogens (tertiary/aromatic N) is 3. The number of pyridine rings is 2. The van der Waals surface area contributed by atoms with Crippen LogP contribution < -0.4 is 16.2 Å². The molecule has 0 aliphatic rings. The fourth-order valence-electron chi connectivity index (χ4n) is 4.18. The fourth-order valence-corrected chi connectivity index (χ4v) is 5.30. The van der Waals surface area contributed by atoms with Gasteiger partial charge in [-0.15, -0.1) is 0 Å². The van der Waals surface area contributed by atoms with E-state index >= 15 is 0 Å². The molecule has 5 rings (SSSR count). The van der Waals surface area contributed by atoms with Gasteiger partial charge in [-0.05, 0) is 43.2 Å². The molecule has 0 atom stereocenters. The molecule has 9 heteroatoms. The molecule has 5 aromatic rings. The van der Waals surface area contributed by atoms with Crippen molar-refractivity contribution >= 4 is 49.9 Å². The molecule has 2 N–H and O–H groups in total. The van der Waals surface area contributed by atoms with Crippen LogP contribution in [0.2, 0.25) is 5.15 Å². The van der Waals surface area contributed by atoms with Crippen LogP contribution in [0.15, 0.2) is 77.6 Å². The topological polar surface area (TPSA) is 88.9 Å². The summed E-state index contributed by atoms with van der Waals surface area (Å²) in [7, 11) is 0. The van der Waals surface area contributed by atoms with Crippen molar-refractivity contribution in [1.82, 2.24) is 14.5 Å². The third-order valence-corrected chi connectivity index (χ3v) is 7.20. The van der Waals surface area contributed by atoms with Gasteiger partial charge in [-0.2, -0.15) is 0 Å². The summed E-state index contributed by atoms with van der Waals surface area (Å²) in [4.78, 5) is 35.8. The van der Waals surface area contributed by atoms with Gasteiger partial charge in [0.1, 0.15) is 5.15 Å². The SMILES string of the molecule is Cc1cccc2sc(NC(=O)c3c(NCc4ccccc4)cc(=O)n(Cc4cccc(Cl)n4)c3C)nc12. The van der Waals surface area contributed by atoms with Gasteiger partial charge in [-0.25, -0.2) is 9.97 Å². The van der Waals surface area contributed by atoms with Gasteiger partial charge in [0, 0.05) is 18.3 Å². The van der Waals surface area contributed by atoms with E-state index < -0.39 is 0 Å². The number of rotatable bonds is 7. The normalized spacial score (nSPS) is 11.0. The van der Waals surface area contributed by atoms with Crippen LogP contribution in [0.1, 0.15) is 32.9 Å².